The highest BCUT2D eigenvalue weighted by atomic mass is 32.1. The Morgan fingerprint density at radius 3 is 2.45 bits per heavy atom. The summed E-state index contributed by atoms with van der Waals surface area (Å²) < 4.78 is 26.0. The van der Waals surface area contributed by atoms with Gasteiger partial charge < -0.3 is 24.3 Å². The Bertz CT molecular complexity index is 1200. The molecule has 14 heteroatoms. The van der Waals surface area contributed by atoms with Gasteiger partial charge in [-0.05, 0) is 25.1 Å². The average molecular weight is 496 g/mol. The molecular formula is C19H21N4O8PS. The van der Waals surface area contributed by atoms with Crippen LogP contribution in [0, 0.1) is 0 Å². The maximum absolute atomic E-state index is 12.7. The van der Waals surface area contributed by atoms with E-state index in [1.165, 1.54) is 12.1 Å². The van der Waals surface area contributed by atoms with Gasteiger partial charge in [-0.1, -0.05) is 12.1 Å². The molecule has 1 atom stereocenters. The number of furan rings is 1. The molecule has 3 aromatic rings. The molecule has 0 saturated heterocycles. The lowest BCUT2D eigenvalue weighted by Gasteiger charge is -2.11. The third-order valence-corrected chi connectivity index (χ3v) is 4.69. The van der Waals surface area contributed by atoms with Gasteiger partial charge in [0.15, 0.2) is 5.69 Å². The zero-order chi connectivity index (χ0) is 24.0. The van der Waals surface area contributed by atoms with Gasteiger partial charge in [-0.2, -0.15) is 12.6 Å². The molecule has 0 spiro atoms. The number of rotatable bonds is 10. The Kier molecular flexibility index (Phi) is 7.92. The molecule has 1 unspecified atom stereocenters. The van der Waals surface area contributed by atoms with Gasteiger partial charge in [-0.3, -0.25) is 19.4 Å². The molecule has 12 nitrogen and oxygen atoms in total. The molecule has 2 heterocycles. The first-order valence-electron chi connectivity index (χ1n) is 9.60. The number of carbonyl (C=O) groups excluding carboxylic acids is 2. The van der Waals surface area contributed by atoms with Crippen molar-refractivity contribution in [3.8, 4) is 11.8 Å². The van der Waals surface area contributed by atoms with E-state index in [4.69, 9.17) is 18.9 Å². The van der Waals surface area contributed by atoms with Crippen molar-refractivity contribution in [2.75, 3.05) is 13.1 Å². The van der Waals surface area contributed by atoms with Crippen molar-refractivity contribution >= 4 is 43.3 Å². The van der Waals surface area contributed by atoms with E-state index in [0.717, 1.165) is 0 Å². The molecule has 2 amide bonds. The summed E-state index contributed by atoms with van der Waals surface area (Å²) in [5.41, 5.74) is 0.882. The van der Waals surface area contributed by atoms with E-state index < -0.39 is 19.0 Å². The number of ether oxygens (including phenoxy) is 1. The largest absolute Gasteiger partial charge is 0.527 e. The van der Waals surface area contributed by atoms with Crippen LogP contribution in [-0.2, 0) is 16.0 Å². The summed E-state index contributed by atoms with van der Waals surface area (Å²) in [4.78, 5) is 50.6. The Morgan fingerprint density at radius 1 is 1.12 bits per heavy atom. The molecule has 1 aromatic carbocycles. The van der Waals surface area contributed by atoms with Crippen LogP contribution in [0.3, 0.4) is 0 Å². The molecule has 33 heavy (non-hydrogen) atoms. The summed E-state index contributed by atoms with van der Waals surface area (Å²) in [6.07, 6.45) is 0. The molecule has 0 aliphatic heterocycles. The fraction of sp³-hybridized carbons (Fsp3) is 0.263. The topological polar surface area (TPSA) is 173 Å². The Balaban J connectivity index is 1.72. The Labute approximate surface area is 193 Å². The number of benzene rings is 1. The third-order valence-electron chi connectivity index (χ3n) is 4.04. The van der Waals surface area contributed by atoms with E-state index in [9.17, 15) is 14.2 Å². The van der Waals surface area contributed by atoms with Crippen LogP contribution in [0.5, 0.6) is 11.8 Å². The average Bonchev–Trinajstić information content (AvgIpc) is 3.19. The maximum atomic E-state index is 12.7. The second-order valence-electron chi connectivity index (χ2n) is 6.68. The first-order chi connectivity index (χ1) is 15.6. The first-order valence-corrected chi connectivity index (χ1v) is 11.6. The van der Waals surface area contributed by atoms with Gasteiger partial charge in [0.25, 0.3) is 11.9 Å². The van der Waals surface area contributed by atoms with Gasteiger partial charge in [0.2, 0.25) is 11.8 Å². The van der Waals surface area contributed by atoms with Crippen LogP contribution in [0.15, 0.2) is 40.8 Å². The first kappa shape index (κ1) is 24.5. The third kappa shape index (κ3) is 7.19. The summed E-state index contributed by atoms with van der Waals surface area (Å²) in [7, 11) is -4.77. The van der Waals surface area contributed by atoms with Crippen LogP contribution >= 0.6 is 20.5 Å². The van der Waals surface area contributed by atoms with Crippen molar-refractivity contribution in [3.05, 3.63) is 47.9 Å². The van der Waals surface area contributed by atoms with E-state index in [0.29, 0.717) is 11.0 Å². The van der Waals surface area contributed by atoms with Crippen molar-refractivity contribution in [1.29, 1.82) is 0 Å². The number of nitrogens with one attached hydrogen (secondary N) is 2. The van der Waals surface area contributed by atoms with Gasteiger partial charge in [0, 0.05) is 19.2 Å². The van der Waals surface area contributed by atoms with E-state index in [2.05, 4.69) is 37.8 Å². The van der Waals surface area contributed by atoms with E-state index in [1.807, 2.05) is 0 Å². The van der Waals surface area contributed by atoms with Crippen LogP contribution in [0.1, 0.15) is 23.2 Å². The molecule has 0 radical (unpaired) electrons. The molecule has 4 N–H and O–H groups in total. The van der Waals surface area contributed by atoms with Crippen LogP contribution in [0.2, 0.25) is 0 Å². The monoisotopic (exact) mass is 496 g/mol. The molecule has 0 bridgehead atoms. The fourth-order valence-corrected chi connectivity index (χ4v) is 2.99. The number of phosphoric ester groups is 1. The van der Waals surface area contributed by atoms with Crippen molar-refractivity contribution < 1.29 is 37.6 Å². The molecule has 0 saturated carbocycles. The normalized spacial score (nSPS) is 12.2. The number of nitrogens with zero attached hydrogens (tertiary/aromatic N) is 2. The zero-order valence-corrected chi connectivity index (χ0v) is 19.1. The van der Waals surface area contributed by atoms with Crippen LogP contribution in [0.25, 0.3) is 11.0 Å². The van der Waals surface area contributed by atoms with Gasteiger partial charge in [0.1, 0.15) is 12.4 Å². The minimum atomic E-state index is -4.77. The zero-order valence-electron chi connectivity index (χ0n) is 17.3. The maximum Gasteiger partial charge on any atom is 0.527 e. The molecule has 176 valence electrons. The SMILES string of the molecule is CC(S)C(=O)NCCNC(=O)c1nc2ccccc2nc1OCc1ccc(OP(=O)(O)O)o1. The quantitative estimate of drug-likeness (QED) is 0.157. The van der Waals surface area contributed by atoms with Gasteiger partial charge in [-0.25, -0.2) is 14.5 Å². The molecular weight excluding hydrogens is 475 g/mol. The van der Waals surface area contributed by atoms with Crippen molar-refractivity contribution in [2.45, 2.75) is 18.8 Å². The number of hydrogen-bond acceptors (Lipinski definition) is 9. The number of hydrogen-bond donors (Lipinski definition) is 5. The predicted molar refractivity (Wildman–Crippen MR) is 119 cm³/mol. The summed E-state index contributed by atoms with van der Waals surface area (Å²) in [6.45, 7) is 1.75. The van der Waals surface area contributed by atoms with E-state index in [-0.39, 0.29) is 48.9 Å². The van der Waals surface area contributed by atoms with E-state index >= 15 is 0 Å². The summed E-state index contributed by atoms with van der Waals surface area (Å²) >= 11 is 4.03. The molecule has 0 aliphatic carbocycles. The van der Waals surface area contributed by atoms with Crippen LogP contribution in [-0.4, -0.2) is 49.9 Å². The van der Waals surface area contributed by atoms with E-state index in [1.54, 1.807) is 31.2 Å². The highest BCUT2D eigenvalue weighted by molar-refractivity contribution is 7.81. The number of phosphoric acid groups is 1. The summed E-state index contributed by atoms with van der Waals surface area (Å²) in [5.74, 6) is -1.12. The summed E-state index contributed by atoms with van der Waals surface area (Å²) in [6, 6.07) is 9.50. The number of fused-ring (bicyclic) bond motifs is 1. The minimum Gasteiger partial charge on any atom is -0.468 e. The fourth-order valence-electron chi connectivity index (χ4n) is 2.57. The highest BCUT2D eigenvalue weighted by Crippen LogP contribution is 2.38. The standard InChI is InChI=1S/C19H21N4O8PS/c1-11(33)17(24)20-8-9-21-18(25)16-19(23-14-5-3-2-4-13(14)22-16)29-10-12-6-7-15(30-12)31-32(26,27)28/h2-7,11,33H,8-10H2,1H3,(H,20,24)(H,21,25)(H2,26,27,28). The minimum absolute atomic E-state index is 0.0759. The lowest BCUT2D eigenvalue weighted by Crippen LogP contribution is -2.37. The Hall–Kier alpha value is -3.12. The number of para-hydroxylation sites is 2. The number of aromatic nitrogens is 2. The number of amides is 2. The second-order valence-corrected chi connectivity index (χ2v) is 8.62. The lowest BCUT2D eigenvalue weighted by molar-refractivity contribution is -0.120. The summed E-state index contributed by atoms with van der Waals surface area (Å²) in [5, 5.41) is 4.79. The molecule has 2 aromatic heterocycles. The number of thiol groups is 1. The van der Waals surface area contributed by atoms with Gasteiger partial charge in [0.05, 0.1) is 16.3 Å². The lowest BCUT2D eigenvalue weighted by atomic mass is 10.3. The van der Waals surface area contributed by atoms with Gasteiger partial charge >= 0.3 is 7.82 Å². The predicted octanol–water partition coefficient (Wildman–Crippen LogP) is 1.44. The molecule has 0 aliphatic rings. The van der Waals surface area contributed by atoms with Crippen LogP contribution < -0.4 is 19.9 Å². The second kappa shape index (κ2) is 10.7. The smallest absolute Gasteiger partial charge is 0.468 e. The molecule has 3 rings (SSSR count). The van der Waals surface area contributed by atoms with Crippen molar-refractivity contribution in [3.63, 3.8) is 0 Å². The number of carbonyl (C=O) groups is 2. The van der Waals surface area contributed by atoms with Gasteiger partial charge in [-0.15, -0.1) is 0 Å². The van der Waals surface area contributed by atoms with Crippen molar-refractivity contribution in [2.24, 2.45) is 0 Å². The molecule has 0 fully saturated rings. The Morgan fingerprint density at radius 2 is 1.79 bits per heavy atom. The van der Waals surface area contributed by atoms with Crippen LogP contribution in [0.4, 0.5) is 0 Å². The van der Waals surface area contributed by atoms with Crippen molar-refractivity contribution in [1.82, 2.24) is 20.6 Å². The highest BCUT2D eigenvalue weighted by Gasteiger charge is 2.21.